The summed E-state index contributed by atoms with van der Waals surface area (Å²) in [4.78, 5) is 14.2. The molecular weight excluding hydrogens is 326 g/mol. The lowest BCUT2D eigenvalue weighted by Crippen LogP contribution is -2.50. The zero-order chi connectivity index (χ0) is 16.9. The molecule has 1 aliphatic heterocycles. The van der Waals surface area contributed by atoms with Crippen LogP contribution in [0.1, 0.15) is 16.1 Å². The van der Waals surface area contributed by atoms with Crippen molar-refractivity contribution >= 4 is 17.2 Å². The molecular formula is C18H21NO4S. The number of carbonyl (C=O) groups is 1. The third-order valence-corrected chi connectivity index (χ3v) is 5.23. The number of methoxy groups -OCH3 is 2. The second kappa shape index (κ2) is 7.79. The number of benzene rings is 1. The van der Waals surface area contributed by atoms with E-state index in [1.54, 1.807) is 14.2 Å². The van der Waals surface area contributed by atoms with E-state index in [0.717, 1.165) is 22.6 Å². The molecule has 0 bridgehead atoms. The molecule has 2 aromatic rings. The third kappa shape index (κ3) is 3.61. The summed E-state index contributed by atoms with van der Waals surface area (Å²) in [6.07, 6.45) is 0.787. The molecule has 128 valence electrons. The maximum absolute atomic E-state index is 12.5. The Kier molecular flexibility index (Phi) is 5.50. The number of carbonyl (C=O) groups excluding carboxylic acids is 1. The Hall–Kier alpha value is -1.89. The summed E-state index contributed by atoms with van der Waals surface area (Å²) in [5.41, 5.74) is 0.986. The molecule has 1 N–H and O–H groups in total. The Morgan fingerprint density at radius 2 is 2.08 bits per heavy atom. The monoisotopic (exact) mass is 347 g/mol. The summed E-state index contributed by atoms with van der Waals surface area (Å²) < 4.78 is 16.3. The minimum atomic E-state index is -0.118. The van der Waals surface area contributed by atoms with E-state index in [4.69, 9.17) is 14.2 Å². The predicted octanol–water partition coefficient (Wildman–Crippen LogP) is 2.96. The average molecular weight is 347 g/mol. The zero-order valence-electron chi connectivity index (χ0n) is 13.8. The number of hydrogen-bond donors (Lipinski definition) is 1. The summed E-state index contributed by atoms with van der Waals surface area (Å²) in [5.74, 6) is 0.699. The molecule has 1 fully saturated rings. The smallest absolute Gasteiger partial charge is 0.261 e. The second-order valence-electron chi connectivity index (χ2n) is 5.58. The number of para-hydroxylation sites is 1. The quantitative estimate of drug-likeness (QED) is 0.903. The molecule has 3 rings (SSSR count). The first kappa shape index (κ1) is 17.0. The van der Waals surface area contributed by atoms with Crippen molar-refractivity contribution in [3.8, 4) is 16.2 Å². The predicted molar refractivity (Wildman–Crippen MR) is 93.8 cm³/mol. The topological polar surface area (TPSA) is 56.8 Å². The highest BCUT2D eigenvalue weighted by atomic mass is 32.1. The van der Waals surface area contributed by atoms with Gasteiger partial charge in [-0.25, -0.2) is 0 Å². The van der Waals surface area contributed by atoms with Crippen molar-refractivity contribution in [2.24, 2.45) is 0 Å². The Balaban J connectivity index is 1.74. The fraction of sp³-hybridized carbons (Fsp3) is 0.389. The first-order valence-corrected chi connectivity index (χ1v) is 8.69. The van der Waals surface area contributed by atoms with Crippen LogP contribution in [0.2, 0.25) is 0 Å². The van der Waals surface area contributed by atoms with E-state index in [0.29, 0.717) is 18.1 Å². The van der Waals surface area contributed by atoms with Gasteiger partial charge in [-0.05, 0) is 30.7 Å². The van der Waals surface area contributed by atoms with Gasteiger partial charge in [0.2, 0.25) is 0 Å². The fourth-order valence-corrected chi connectivity index (χ4v) is 3.77. The number of hydrogen-bond acceptors (Lipinski definition) is 5. The van der Waals surface area contributed by atoms with E-state index < -0.39 is 0 Å². The van der Waals surface area contributed by atoms with Gasteiger partial charge in [0.05, 0.1) is 30.7 Å². The molecule has 6 heteroatoms. The molecule has 0 unspecified atom stereocenters. The summed E-state index contributed by atoms with van der Waals surface area (Å²) in [6.45, 7) is 1.15. The summed E-state index contributed by atoms with van der Waals surface area (Å²) >= 11 is 1.45. The number of thiophene rings is 1. The Labute approximate surface area is 145 Å². The van der Waals surface area contributed by atoms with E-state index >= 15 is 0 Å². The number of ether oxygens (including phenoxy) is 3. The lowest BCUT2D eigenvalue weighted by molar-refractivity contribution is -0.0348. The van der Waals surface area contributed by atoms with Crippen LogP contribution in [0.15, 0.2) is 36.4 Å². The second-order valence-corrected chi connectivity index (χ2v) is 6.67. The van der Waals surface area contributed by atoms with E-state index in [1.165, 1.54) is 11.3 Å². The van der Waals surface area contributed by atoms with Gasteiger partial charge >= 0.3 is 0 Å². The van der Waals surface area contributed by atoms with Crippen LogP contribution in [0, 0.1) is 0 Å². The highest BCUT2D eigenvalue weighted by molar-refractivity contribution is 7.17. The highest BCUT2D eigenvalue weighted by Crippen LogP contribution is 2.34. The van der Waals surface area contributed by atoms with E-state index in [9.17, 15) is 4.79 Å². The van der Waals surface area contributed by atoms with Crippen LogP contribution in [-0.4, -0.2) is 45.5 Å². The van der Waals surface area contributed by atoms with E-state index in [-0.39, 0.29) is 18.1 Å². The molecule has 0 saturated carbocycles. The molecule has 2 heterocycles. The molecule has 1 saturated heterocycles. The highest BCUT2D eigenvalue weighted by Gasteiger charge is 2.27. The van der Waals surface area contributed by atoms with Crippen molar-refractivity contribution < 1.29 is 19.0 Å². The van der Waals surface area contributed by atoms with Gasteiger partial charge in [-0.15, -0.1) is 11.3 Å². The fourth-order valence-electron chi connectivity index (χ4n) is 2.83. The van der Waals surface area contributed by atoms with Gasteiger partial charge in [0.15, 0.2) is 0 Å². The number of rotatable bonds is 5. The molecule has 1 amide bonds. The number of nitrogens with one attached hydrogen (secondary N) is 1. The van der Waals surface area contributed by atoms with Gasteiger partial charge < -0.3 is 19.5 Å². The molecule has 5 nitrogen and oxygen atoms in total. The average Bonchev–Trinajstić information content (AvgIpc) is 3.12. The van der Waals surface area contributed by atoms with Gasteiger partial charge in [0.1, 0.15) is 5.75 Å². The van der Waals surface area contributed by atoms with Crippen molar-refractivity contribution in [2.45, 2.75) is 18.6 Å². The molecule has 24 heavy (non-hydrogen) atoms. The lowest BCUT2D eigenvalue weighted by atomic mass is 10.1. The molecule has 0 aliphatic carbocycles. The summed E-state index contributed by atoms with van der Waals surface area (Å²) in [7, 11) is 3.31. The van der Waals surface area contributed by atoms with Gasteiger partial charge in [0, 0.05) is 24.2 Å². The first-order valence-electron chi connectivity index (χ1n) is 7.87. The summed E-state index contributed by atoms with van der Waals surface area (Å²) in [6, 6.07) is 11.5. The zero-order valence-corrected chi connectivity index (χ0v) is 14.6. The van der Waals surface area contributed by atoms with Gasteiger partial charge in [-0.1, -0.05) is 12.1 Å². The van der Waals surface area contributed by atoms with Crippen LogP contribution in [0.3, 0.4) is 0 Å². The molecule has 0 radical (unpaired) electrons. The van der Waals surface area contributed by atoms with Gasteiger partial charge in [-0.3, -0.25) is 4.79 Å². The van der Waals surface area contributed by atoms with Crippen molar-refractivity contribution in [3.63, 3.8) is 0 Å². The maximum atomic E-state index is 12.5. The molecule has 2 atom stereocenters. The molecule has 1 aromatic heterocycles. The van der Waals surface area contributed by atoms with Crippen molar-refractivity contribution in [3.05, 3.63) is 41.3 Å². The van der Waals surface area contributed by atoms with E-state index in [2.05, 4.69) is 5.32 Å². The van der Waals surface area contributed by atoms with Crippen molar-refractivity contribution in [2.75, 3.05) is 27.4 Å². The molecule has 0 spiro atoms. The van der Waals surface area contributed by atoms with Crippen molar-refractivity contribution in [1.82, 2.24) is 5.32 Å². The molecule has 1 aliphatic rings. The van der Waals surface area contributed by atoms with Crippen molar-refractivity contribution in [1.29, 1.82) is 0 Å². The largest absolute Gasteiger partial charge is 0.496 e. The minimum absolute atomic E-state index is 0.00338. The number of amides is 1. The molecule has 1 aromatic carbocycles. The lowest BCUT2D eigenvalue weighted by Gasteiger charge is -2.30. The SMILES string of the molecule is COc1ccccc1-c1ccc(C(=O)N[C@@H]2COCC[C@H]2OC)s1. The third-order valence-electron chi connectivity index (χ3n) is 4.11. The van der Waals surface area contributed by atoms with Crippen LogP contribution >= 0.6 is 11.3 Å². The van der Waals surface area contributed by atoms with Gasteiger partial charge in [0.25, 0.3) is 5.91 Å². The van der Waals surface area contributed by atoms with Crippen LogP contribution < -0.4 is 10.1 Å². The van der Waals surface area contributed by atoms with Gasteiger partial charge in [-0.2, -0.15) is 0 Å². The van der Waals surface area contributed by atoms with Crippen LogP contribution in [0.25, 0.3) is 10.4 Å². The van der Waals surface area contributed by atoms with E-state index in [1.807, 2.05) is 36.4 Å². The summed E-state index contributed by atoms with van der Waals surface area (Å²) in [5, 5.41) is 3.02. The Bertz CT molecular complexity index is 700. The van der Waals surface area contributed by atoms with Crippen LogP contribution in [0.4, 0.5) is 0 Å². The standard InChI is InChI=1S/C18H21NO4S/c1-21-14-6-4-3-5-12(14)16-7-8-17(24-16)18(20)19-13-11-23-10-9-15(13)22-2/h3-8,13,15H,9-11H2,1-2H3,(H,19,20)/t13-,15-/m1/s1. The Morgan fingerprint density at radius 3 is 2.88 bits per heavy atom. The first-order chi connectivity index (χ1) is 11.7. The van der Waals surface area contributed by atoms with Crippen LogP contribution in [0.5, 0.6) is 5.75 Å². The Morgan fingerprint density at radius 1 is 1.25 bits per heavy atom. The normalized spacial score (nSPS) is 20.6. The minimum Gasteiger partial charge on any atom is -0.496 e. The maximum Gasteiger partial charge on any atom is 0.261 e. The van der Waals surface area contributed by atoms with Crippen LogP contribution in [-0.2, 0) is 9.47 Å².